The van der Waals surface area contributed by atoms with Crippen LogP contribution in [0.15, 0.2) is 39.5 Å². The highest BCUT2D eigenvalue weighted by Gasteiger charge is 2.17. The molecule has 2 aromatic rings. The fourth-order valence-corrected chi connectivity index (χ4v) is 3.94. The highest BCUT2D eigenvalue weighted by atomic mass is 127. The van der Waals surface area contributed by atoms with E-state index in [4.69, 9.17) is 0 Å². The van der Waals surface area contributed by atoms with E-state index in [0.717, 1.165) is 28.6 Å². The van der Waals surface area contributed by atoms with Crippen molar-refractivity contribution in [2.75, 3.05) is 19.8 Å². The van der Waals surface area contributed by atoms with Gasteiger partial charge in [0.1, 0.15) is 5.01 Å². The Balaban J connectivity index is 0.00000392. The largest absolute Gasteiger partial charge is 0.356 e. The molecule has 6 nitrogen and oxygen atoms in total. The topological polar surface area (TPSA) is 83.5 Å². The molecule has 2 rings (SSSR count). The van der Waals surface area contributed by atoms with Crippen molar-refractivity contribution in [1.82, 2.24) is 15.6 Å². The Morgan fingerprint density at radius 1 is 1.18 bits per heavy atom. The smallest absolute Gasteiger partial charge is 0.191 e. The second-order valence-electron chi connectivity index (χ2n) is 7.40. The third-order valence-electron chi connectivity index (χ3n) is 4.01. The molecule has 0 aliphatic carbocycles. The first-order chi connectivity index (χ1) is 12.6. The van der Waals surface area contributed by atoms with Gasteiger partial charge in [-0.05, 0) is 24.1 Å². The molecule has 0 atom stereocenters. The van der Waals surface area contributed by atoms with Gasteiger partial charge in [0.2, 0.25) is 0 Å². The SMILES string of the molecule is CN=C(NCCc1ccc(S(C)(=O)=O)cc1)NCc1nc(C(C)(C)C)cs1.I. The van der Waals surface area contributed by atoms with Gasteiger partial charge in [-0.3, -0.25) is 4.99 Å². The summed E-state index contributed by atoms with van der Waals surface area (Å²) in [5.74, 6) is 0.718. The second-order valence-corrected chi connectivity index (χ2v) is 10.4. The van der Waals surface area contributed by atoms with Crippen molar-refractivity contribution in [3.63, 3.8) is 0 Å². The van der Waals surface area contributed by atoms with E-state index in [9.17, 15) is 8.42 Å². The van der Waals surface area contributed by atoms with Crippen molar-refractivity contribution in [3.05, 3.63) is 45.9 Å². The molecule has 1 heterocycles. The molecule has 0 fully saturated rings. The van der Waals surface area contributed by atoms with Crippen molar-refractivity contribution in [2.24, 2.45) is 4.99 Å². The van der Waals surface area contributed by atoms with E-state index in [0.29, 0.717) is 18.0 Å². The highest BCUT2D eigenvalue weighted by molar-refractivity contribution is 14.0. The molecular weight excluding hydrogens is 507 g/mol. The summed E-state index contributed by atoms with van der Waals surface area (Å²) >= 11 is 1.65. The number of nitrogens with zero attached hydrogens (tertiary/aromatic N) is 2. The molecule has 0 unspecified atom stereocenters. The number of guanidine groups is 1. The Hall–Kier alpha value is -1.20. The molecule has 0 radical (unpaired) electrons. The lowest BCUT2D eigenvalue weighted by molar-refractivity contribution is 0.570. The molecule has 0 amide bonds. The summed E-state index contributed by atoms with van der Waals surface area (Å²) in [6, 6.07) is 6.98. The van der Waals surface area contributed by atoms with E-state index in [-0.39, 0.29) is 29.4 Å². The summed E-state index contributed by atoms with van der Waals surface area (Å²) in [5, 5.41) is 9.67. The fourth-order valence-electron chi connectivity index (χ4n) is 2.35. The molecule has 1 aromatic carbocycles. The summed E-state index contributed by atoms with van der Waals surface area (Å²) in [6.45, 7) is 7.79. The zero-order valence-electron chi connectivity index (χ0n) is 16.9. The van der Waals surface area contributed by atoms with Gasteiger partial charge in [0.15, 0.2) is 15.8 Å². The number of aliphatic imine (C=N–C) groups is 1. The third-order valence-corrected chi connectivity index (χ3v) is 5.99. The van der Waals surface area contributed by atoms with Crippen LogP contribution in [0.4, 0.5) is 0 Å². The van der Waals surface area contributed by atoms with Crippen molar-refractivity contribution in [2.45, 2.75) is 44.0 Å². The number of rotatable bonds is 6. The average Bonchev–Trinajstić information content (AvgIpc) is 3.07. The monoisotopic (exact) mass is 536 g/mol. The Morgan fingerprint density at radius 2 is 1.82 bits per heavy atom. The lowest BCUT2D eigenvalue weighted by Crippen LogP contribution is -2.37. The molecule has 0 saturated heterocycles. The first-order valence-corrected chi connectivity index (χ1v) is 11.5. The molecular formula is C19H29IN4O2S2. The maximum Gasteiger partial charge on any atom is 0.191 e. The lowest BCUT2D eigenvalue weighted by Gasteiger charge is -2.14. The summed E-state index contributed by atoms with van der Waals surface area (Å²) in [6.07, 6.45) is 1.99. The molecule has 0 bridgehead atoms. The number of sulfone groups is 1. The minimum Gasteiger partial charge on any atom is -0.356 e. The van der Waals surface area contributed by atoms with Crippen LogP contribution >= 0.6 is 35.3 Å². The van der Waals surface area contributed by atoms with Crippen LogP contribution in [0.5, 0.6) is 0 Å². The summed E-state index contributed by atoms with van der Waals surface area (Å²) in [7, 11) is -1.41. The van der Waals surface area contributed by atoms with Crippen molar-refractivity contribution in [3.8, 4) is 0 Å². The number of hydrogen-bond donors (Lipinski definition) is 2. The molecule has 0 spiro atoms. The van der Waals surface area contributed by atoms with Crippen molar-refractivity contribution in [1.29, 1.82) is 0 Å². The van der Waals surface area contributed by atoms with Gasteiger partial charge >= 0.3 is 0 Å². The van der Waals surface area contributed by atoms with Crippen LogP contribution in [0.25, 0.3) is 0 Å². The second kappa shape index (κ2) is 10.5. The Labute approximate surface area is 189 Å². The quantitative estimate of drug-likeness (QED) is 0.336. The number of aromatic nitrogens is 1. The van der Waals surface area contributed by atoms with Crippen LogP contribution in [0.1, 0.15) is 37.0 Å². The summed E-state index contributed by atoms with van der Waals surface area (Å²) in [4.78, 5) is 9.24. The number of hydrogen-bond acceptors (Lipinski definition) is 5. The van der Waals surface area contributed by atoms with E-state index in [1.54, 1.807) is 30.5 Å². The van der Waals surface area contributed by atoms with Crippen LogP contribution in [0.3, 0.4) is 0 Å². The van der Waals surface area contributed by atoms with Crippen LogP contribution in [-0.2, 0) is 28.2 Å². The first kappa shape index (κ1) is 24.8. The highest BCUT2D eigenvalue weighted by Crippen LogP contribution is 2.23. The third kappa shape index (κ3) is 7.67. The summed E-state index contributed by atoms with van der Waals surface area (Å²) < 4.78 is 23.0. The van der Waals surface area contributed by atoms with E-state index in [1.807, 2.05) is 12.1 Å². The van der Waals surface area contributed by atoms with E-state index in [1.165, 1.54) is 6.26 Å². The van der Waals surface area contributed by atoms with Crippen molar-refractivity contribution < 1.29 is 8.42 Å². The van der Waals surface area contributed by atoms with Gasteiger partial charge in [-0.1, -0.05) is 32.9 Å². The fraction of sp³-hybridized carbons (Fsp3) is 0.474. The molecule has 0 aliphatic rings. The minimum absolute atomic E-state index is 0. The zero-order chi connectivity index (χ0) is 20.1. The average molecular weight is 537 g/mol. The molecule has 0 saturated carbocycles. The van der Waals surface area contributed by atoms with Crippen LogP contribution in [-0.4, -0.2) is 39.2 Å². The van der Waals surface area contributed by atoms with E-state index >= 15 is 0 Å². The van der Waals surface area contributed by atoms with Gasteiger partial charge in [-0.25, -0.2) is 13.4 Å². The van der Waals surface area contributed by atoms with Crippen LogP contribution in [0, 0.1) is 0 Å². The van der Waals surface area contributed by atoms with Gasteiger partial charge in [0, 0.05) is 30.6 Å². The molecule has 0 aliphatic heterocycles. The van der Waals surface area contributed by atoms with Gasteiger partial charge in [-0.2, -0.15) is 0 Å². The Kier molecular flexibility index (Phi) is 9.35. The zero-order valence-corrected chi connectivity index (χ0v) is 20.9. The number of nitrogens with one attached hydrogen (secondary N) is 2. The Bertz CT molecular complexity index is 885. The number of halogens is 1. The molecule has 9 heteroatoms. The molecule has 2 N–H and O–H groups in total. The van der Waals surface area contributed by atoms with Gasteiger partial charge in [-0.15, -0.1) is 35.3 Å². The summed E-state index contributed by atoms with van der Waals surface area (Å²) in [5.41, 5.74) is 2.23. The maximum atomic E-state index is 11.5. The van der Waals surface area contributed by atoms with Crippen LogP contribution < -0.4 is 10.6 Å². The number of benzene rings is 1. The number of thiazole rings is 1. The molecule has 1 aromatic heterocycles. The maximum absolute atomic E-state index is 11.5. The van der Waals surface area contributed by atoms with Gasteiger partial charge in [0.05, 0.1) is 17.1 Å². The first-order valence-electron chi connectivity index (χ1n) is 8.78. The Morgan fingerprint density at radius 3 is 2.32 bits per heavy atom. The predicted octanol–water partition coefficient (Wildman–Crippen LogP) is 3.37. The van der Waals surface area contributed by atoms with Gasteiger partial charge in [0.25, 0.3) is 0 Å². The minimum atomic E-state index is -3.15. The standard InChI is InChI=1S/C19H28N4O2S2.HI/c1-19(2,3)16-13-26-17(23-16)12-22-18(20-4)21-11-10-14-6-8-15(9-7-14)27(5,24)25;/h6-9,13H,10-12H2,1-5H3,(H2,20,21,22);1H. The lowest BCUT2D eigenvalue weighted by atomic mass is 9.93. The molecule has 156 valence electrons. The van der Waals surface area contributed by atoms with Gasteiger partial charge < -0.3 is 10.6 Å². The normalized spacial score (nSPS) is 12.4. The van der Waals surface area contributed by atoms with Crippen molar-refractivity contribution >= 4 is 51.1 Å². The van der Waals surface area contributed by atoms with E-state index in [2.05, 4.69) is 46.8 Å². The van der Waals surface area contributed by atoms with E-state index < -0.39 is 9.84 Å². The predicted molar refractivity (Wildman–Crippen MR) is 128 cm³/mol. The van der Waals surface area contributed by atoms with Crippen LogP contribution in [0.2, 0.25) is 0 Å². The molecule has 28 heavy (non-hydrogen) atoms.